The van der Waals surface area contributed by atoms with Crippen LogP contribution in [0.4, 0.5) is 0 Å². The molecular formula is C15H21ClN2O3S2. The molecule has 0 aromatic heterocycles. The molecule has 0 radical (unpaired) electrons. The first-order valence-electron chi connectivity index (χ1n) is 7.47. The van der Waals surface area contributed by atoms with Gasteiger partial charge in [0.2, 0.25) is 15.9 Å². The summed E-state index contributed by atoms with van der Waals surface area (Å²) in [5, 5.41) is 0.705. The number of thioether (sulfide) groups is 1. The lowest BCUT2D eigenvalue weighted by Gasteiger charge is -2.32. The maximum absolute atomic E-state index is 12.2. The molecule has 1 aromatic carbocycles. The third-order valence-corrected chi connectivity index (χ3v) is 5.65. The lowest BCUT2D eigenvalue weighted by molar-refractivity contribution is -0.131. The third-order valence-electron chi connectivity index (χ3n) is 3.63. The number of likely N-dealkylation sites (tertiary alicyclic amines) is 1. The Bertz CT molecular complexity index is 627. The van der Waals surface area contributed by atoms with E-state index in [-0.39, 0.29) is 11.9 Å². The van der Waals surface area contributed by atoms with Crippen molar-refractivity contribution in [2.75, 3.05) is 25.1 Å². The SMILES string of the molecule is CS(=O)(=O)NC1CCN(C(=O)CCSc2ccc(Cl)cc2)CC1. The van der Waals surface area contributed by atoms with E-state index >= 15 is 0 Å². The zero-order valence-corrected chi connectivity index (χ0v) is 15.4. The molecule has 0 aliphatic carbocycles. The molecule has 1 fully saturated rings. The van der Waals surface area contributed by atoms with Crippen molar-refractivity contribution in [3.63, 3.8) is 0 Å². The molecule has 128 valence electrons. The standard InChI is InChI=1S/C15H21ClN2O3S2/c1-23(20,21)17-13-6-9-18(10-7-13)15(19)8-11-22-14-4-2-12(16)3-5-14/h2-5,13,17H,6-11H2,1H3. The van der Waals surface area contributed by atoms with Crippen molar-refractivity contribution in [3.8, 4) is 0 Å². The Kier molecular flexibility index (Phi) is 6.76. The Labute approximate surface area is 146 Å². The normalized spacial score (nSPS) is 16.5. The lowest BCUT2D eigenvalue weighted by Crippen LogP contribution is -2.46. The number of sulfonamides is 1. The highest BCUT2D eigenvalue weighted by molar-refractivity contribution is 7.99. The van der Waals surface area contributed by atoms with Gasteiger partial charge in [0, 0.05) is 41.2 Å². The monoisotopic (exact) mass is 376 g/mol. The summed E-state index contributed by atoms with van der Waals surface area (Å²) in [6, 6.07) is 7.51. The number of hydrogen-bond acceptors (Lipinski definition) is 4. The van der Waals surface area contributed by atoms with Crippen LogP contribution in [0.2, 0.25) is 5.02 Å². The number of amides is 1. The van der Waals surface area contributed by atoms with Gasteiger partial charge in [0.05, 0.1) is 6.26 Å². The average Bonchev–Trinajstić information content (AvgIpc) is 2.48. The van der Waals surface area contributed by atoms with E-state index in [1.54, 1.807) is 11.8 Å². The number of carbonyl (C=O) groups excluding carboxylic acids is 1. The summed E-state index contributed by atoms with van der Waals surface area (Å²) in [4.78, 5) is 15.1. The summed E-state index contributed by atoms with van der Waals surface area (Å²) >= 11 is 7.47. The van der Waals surface area contributed by atoms with Gasteiger partial charge < -0.3 is 4.90 Å². The Morgan fingerprint density at radius 1 is 1.30 bits per heavy atom. The topological polar surface area (TPSA) is 66.5 Å². The molecule has 1 saturated heterocycles. The molecule has 0 unspecified atom stereocenters. The minimum atomic E-state index is -3.18. The first-order chi connectivity index (χ1) is 10.8. The van der Waals surface area contributed by atoms with Gasteiger partial charge in [-0.2, -0.15) is 0 Å². The van der Waals surface area contributed by atoms with Crippen LogP contribution in [0, 0.1) is 0 Å². The van der Waals surface area contributed by atoms with Crippen LogP contribution in [0.3, 0.4) is 0 Å². The fourth-order valence-electron chi connectivity index (χ4n) is 2.49. The number of hydrogen-bond donors (Lipinski definition) is 1. The summed E-state index contributed by atoms with van der Waals surface area (Å²) in [6.45, 7) is 1.22. The van der Waals surface area contributed by atoms with E-state index < -0.39 is 10.0 Å². The highest BCUT2D eigenvalue weighted by atomic mass is 35.5. The fraction of sp³-hybridized carbons (Fsp3) is 0.533. The van der Waals surface area contributed by atoms with Crippen molar-refractivity contribution >= 4 is 39.3 Å². The second-order valence-corrected chi connectivity index (χ2v) is 8.98. The van der Waals surface area contributed by atoms with Gasteiger partial charge >= 0.3 is 0 Å². The smallest absolute Gasteiger partial charge is 0.223 e. The van der Waals surface area contributed by atoms with Crippen LogP contribution in [0.25, 0.3) is 0 Å². The molecule has 0 spiro atoms. The molecule has 1 amide bonds. The van der Waals surface area contributed by atoms with Gasteiger partial charge in [-0.05, 0) is 37.1 Å². The molecule has 1 heterocycles. The van der Waals surface area contributed by atoms with Gasteiger partial charge in [-0.15, -0.1) is 11.8 Å². The average molecular weight is 377 g/mol. The molecule has 2 rings (SSSR count). The van der Waals surface area contributed by atoms with Gasteiger partial charge in [0.1, 0.15) is 0 Å². The predicted molar refractivity (Wildman–Crippen MR) is 94.4 cm³/mol. The van der Waals surface area contributed by atoms with E-state index in [2.05, 4.69) is 4.72 Å². The van der Waals surface area contributed by atoms with Crippen LogP contribution < -0.4 is 4.72 Å². The number of nitrogens with zero attached hydrogens (tertiary/aromatic N) is 1. The van der Waals surface area contributed by atoms with E-state index in [4.69, 9.17) is 11.6 Å². The molecule has 5 nitrogen and oxygen atoms in total. The minimum absolute atomic E-state index is 0.0579. The Hall–Kier alpha value is -0.760. The first kappa shape index (κ1) is 18.6. The second kappa shape index (κ2) is 8.37. The maximum Gasteiger partial charge on any atom is 0.223 e. The van der Waals surface area contributed by atoms with E-state index in [0.29, 0.717) is 37.4 Å². The van der Waals surface area contributed by atoms with Crippen molar-refractivity contribution in [3.05, 3.63) is 29.3 Å². The quantitative estimate of drug-likeness (QED) is 0.774. The van der Waals surface area contributed by atoms with Gasteiger partial charge in [0.15, 0.2) is 0 Å². The highest BCUT2D eigenvalue weighted by Gasteiger charge is 2.24. The van der Waals surface area contributed by atoms with Crippen LogP contribution in [0.15, 0.2) is 29.2 Å². The number of benzene rings is 1. The molecule has 1 aliphatic heterocycles. The lowest BCUT2D eigenvalue weighted by atomic mass is 10.1. The van der Waals surface area contributed by atoms with Crippen LogP contribution in [0.1, 0.15) is 19.3 Å². The molecule has 23 heavy (non-hydrogen) atoms. The Morgan fingerprint density at radius 3 is 2.48 bits per heavy atom. The predicted octanol–water partition coefficient (Wildman–Crippen LogP) is 2.36. The van der Waals surface area contributed by atoms with E-state index in [9.17, 15) is 13.2 Å². The summed E-state index contributed by atoms with van der Waals surface area (Å²) < 4.78 is 25.0. The van der Waals surface area contributed by atoms with Crippen molar-refractivity contribution in [2.24, 2.45) is 0 Å². The fourth-order valence-corrected chi connectivity index (χ4v) is 4.30. The molecule has 1 aromatic rings. The molecule has 1 aliphatic rings. The zero-order chi connectivity index (χ0) is 16.9. The number of nitrogens with one attached hydrogen (secondary N) is 1. The molecular weight excluding hydrogens is 356 g/mol. The van der Waals surface area contributed by atoms with Gasteiger partial charge in [-0.25, -0.2) is 13.1 Å². The van der Waals surface area contributed by atoms with Crippen LogP contribution in [-0.2, 0) is 14.8 Å². The Balaban J connectivity index is 1.70. The second-order valence-electron chi connectivity index (χ2n) is 5.60. The van der Waals surface area contributed by atoms with Gasteiger partial charge in [0.25, 0.3) is 0 Å². The maximum atomic E-state index is 12.2. The van der Waals surface area contributed by atoms with E-state index in [1.807, 2.05) is 29.2 Å². The van der Waals surface area contributed by atoms with Crippen molar-refractivity contribution in [2.45, 2.75) is 30.2 Å². The summed E-state index contributed by atoms with van der Waals surface area (Å²) in [5.74, 6) is 0.853. The number of carbonyl (C=O) groups is 1. The van der Waals surface area contributed by atoms with Crippen LogP contribution >= 0.6 is 23.4 Å². The van der Waals surface area contributed by atoms with Crippen molar-refractivity contribution < 1.29 is 13.2 Å². The van der Waals surface area contributed by atoms with Crippen molar-refractivity contribution in [1.29, 1.82) is 0 Å². The molecule has 0 saturated carbocycles. The van der Waals surface area contributed by atoms with E-state index in [1.165, 1.54) is 6.26 Å². The van der Waals surface area contributed by atoms with Crippen LogP contribution in [-0.4, -0.2) is 50.4 Å². The minimum Gasteiger partial charge on any atom is -0.343 e. The Morgan fingerprint density at radius 2 is 1.91 bits per heavy atom. The molecule has 8 heteroatoms. The molecule has 0 atom stereocenters. The molecule has 1 N–H and O–H groups in total. The number of halogens is 1. The number of rotatable bonds is 6. The van der Waals surface area contributed by atoms with Gasteiger partial charge in [-0.1, -0.05) is 11.6 Å². The third kappa shape index (κ3) is 6.71. The van der Waals surface area contributed by atoms with E-state index in [0.717, 1.165) is 10.6 Å². The van der Waals surface area contributed by atoms with Crippen molar-refractivity contribution in [1.82, 2.24) is 9.62 Å². The summed E-state index contributed by atoms with van der Waals surface area (Å²) in [7, 11) is -3.18. The zero-order valence-electron chi connectivity index (χ0n) is 13.0. The summed E-state index contributed by atoms with van der Waals surface area (Å²) in [5.41, 5.74) is 0. The van der Waals surface area contributed by atoms with Crippen LogP contribution in [0.5, 0.6) is 0 Å². The number of piperidine rings is 1. The first-order valence-corrected chi connectivity index (χ1v) is 10.7. The summed E-state index contributed by atoms with van der Waals surface area (Å²) in [6.07, 6.45) is 2.99. The molecule has 0 bridgehead atoms. The van der Waals surface area contributed by atoms with Gasteiger partial charge in [-0.3, -0.25) is 4.79 Å². The highest BCUT2D eigenvalue weighted by Crippen LogP contribution is 2.21. The largest absolute Gasteiger partial charge is 0.343 e.